The van der Waals surface area contributed by atoms with E-state index in [1.165, 1.54) is 0 Å². The highest BCUT2D eigenvalue weighted by Crippen LogP contribution is 2.26. The third-order valence-electron chi connectivity index (χ3n) is 2.52. The maximum atomic E-state index is 9.32. The quantitative estimate of drug-likeness (QED) is 0.498. The summed E-state index contributed by atoms with van der Waals surface area (Å²) in [7, 11) is 0. The summed E-state index contributed by atoms with van der Waals surface area (Å²) >= 11 is 5.60. The van der Waals surface area contributed by atoms with Gasteiger partial charge in [-0.1, -0.05) is 24.3 Å². The van der Waals surface area contributed by atoms with Crippen LogP contribution in [0.5, 0.6) is 0 Å². The standard InChI is InChI=1S/C13H13ClN2O/c14-7-13(15)16-12-6-10-4-2-1-3-9(10)5-11(12)8-17/h1-6,17H,7-8H2,(H2,15,16). The first-order valence-corrected chi connectivity index (χ1v) is 5.79. The zero-order valence-corrected chi connectivity index (χ0v) is 9.98. The topological polar surface area (TPSA) is 58.6 Å². The number of hydrogen-bond donors (Lipinski definition) is 2. The van der Waals surface area contributed by atoms with E-state index in [1.807, 2.05) is 36.4 Å². The summed E-state index contributed by atoms with van der Waals surface area (Å²) in [5.74, 6) is 0.522. The number of amidine groups is 1. The lowest BCUT2D eigenvalue weighted by molar-refractivity contribution is 0.282. The first-order chi connectivity index (χ1) is 8.24. The van der Waals surface area contributed by atoms with Crippen LogP contribution in [0.2, 0.25) is 0 Å². The summed E-state index contributed by atoms with van der Waals surface area (Å²) in [5, 5.41) is 11.5. The molecule has 0 unspecified atom stereocenters. The fourth-order valence-corrected chi connectivity index (χ4v) is 1.75. The Balaban J connectivity index is 2.61. The number of benzene rings is 2. The highest BCUT2D eigenvalue weighted by Gasteiger charge is 2.04. The highest BCUT2D eigenvalue weighted by molar-refractivity contribution is 6.28. The number of aliphatic hydroxyl groups is 1. The molecule has 0 aliphatic heterocycles. The van der Waals surface area contributed by atoms with Gasteiger partial charge in [-0.25, -0.2) is 4.99 Å². The van der Waals surface area contributed by atoms with Crippen molar-refractivity contribution in [3.8, 4) is 0 Å². The number of fused-ring (bicyclic) bond motifs is 1. The number of rotatable bonds is 3. The molecule has 0 spiro atoms. The van der Waals surface area contributed by atoms with Crippen molar-refractivity contribution in [2.75, 3.05) is 5.88 Å². The highest BCUT2D eigenvalue weighted by atomic mass is 35.5. The Morgan fingerprint density at radius 3 is 2.47 bits per heavy atom. The molecule has 0 aromatic heterocycles. The summed E-state index contributed by atoms with van der Waals surface area (Å²) in [6.45, 7) is -0.0702. The molecule has 0 radical (unpaired) electrons. The summed E-state index contributed by atoms with van der Waals surface area (Å²) in [5.41, 5.74) is 7.03. The molecule has 0 heterocycles. The number of hydrogen-bond acceptors (Lipinski definition) is 2. The Hall–Kier alpha value is -1.58. The van der Waals surface area contributed by atoms with Crippen LogP contribution in [0.15, 0.2) is 41.4 Å². The Morgan fingerprint density at radius 2 is 1.88 bits per heavy atom. The molecule has 3 nitrogen and oxygen atoms in total. The van der Waals surface area contributed by atoms with Gasteiger partial charge in [0, 0.05) is 5.56 Å². The minimum absolute atomic E-state index is 0.0702. The summed E-state index contributed by atoms with van der Waals surface area (Å²) in [6.07, 6.45) is 0. The minimum Gasteiger partial charge on any atom is -0.392 e. The summed E-state index contributed by atoms with van der Waals surface area (Å²) < 4.78 is 0. The molecule has 0 aliphatic rings. The zero-order valence-electron chi connectivity index (χ0n) is 9.23. The third kappa shape index (κ3) is 2.57. The lowest BCUT2D eigenvalue weighted by atomic mass is 10.1. The van der Waals surface area contributed by atoms with Crippen molar-refractivity contribution in [2.24, 2.45) is 10.7 Å². The van der Waals surface area contributed by atoms with Crippen LogP contribution in [0.4, 0.5) is 5.69 Å². The first-order valence-electron chi connectivity index (χ1n) is 5.26. The average Bonchev–Trinajstić information content (AvgIpc) is 2.37. The maximum Gasteiger partial charge on any atom is 0.115 e. The van der Waals surface area contributed by atoms with Crippen molar-refractivity contribution in [3.05, 3.63) is 42.0 Å². The molecule has 2 aromatic rings. The molecular weight excluding hydrogens is 236 g/mol. The molecule has 0 bridgehead atoms. The molecular formula is C13H13ClN2O. The van der Waals surface area contributed by atoms with E-state index in [0.717, 1.165) is 16.3 Å². The lowest BCUT2D eigenvalue weighted by Crippen LogP contribution is -2.12. The van der Waals surface area contributed by atoms with Crippen molar-refractivity contribution >= 4 is 33.9 Å². The van der Waals surface area contributed by atoms with Gasteiger partial charge in [-0.2, -0.15) is 0 Å². The Kier molecular flexibility index (Phi) is 3.61. The molecule has 3 N–H and O–H groups in total. The smallest absolute Gasteiger partial charge is 0.115 e. The Labute approximate surface area is 105 Å². The van der Waals surface area contributed by atoms with Crippen LogP contribution in [-0.4, -0.2) is 16.8 Å². The Bertz CT molecular complexity index is 566. The lowest BCUT2D eigenvalue weighted by Gasteiger charge is -2.06. The van der Waals surface area contributed by atoms with Crippen molar-refractivity contribution in [1.82, 2.24) is 0 Å². The van der Waals surface area contributed by atoms with E-state index in [-0.39, 0.29) is 12.5 Å². The molecule has 0 saturated heterocycles. The fourth-order valence-electron chi connectivity index (χ4n) is 1.69. The SMILES string of the molecule is NC(CCl)=Nc1cc2ccccc2cc1CO. The summed E-state index contributed by atoms with van der Waals surface area (Å²) in [4.78, 5) is 4.20. The molecule has 2 rings (SSSR count). The van der Waals surface area contributed by atoms with Gasteiger partial charge in [-0.15, -0.1) is 11.6 Å². The van der Waals surface area contributed by atoms with Crippen LogP contribution in [-0.2, 0) is 6.61 Å². The zero-order chi connectivity index (χ0) is 12.3. The number of nitrogens with two attached hydrogens (primary N) is 1. The van der Waals surface area contributed by atoms with Crippen LogP contribution < -0.4 is 5.73 Å². The van der Waals surface area contributed by atoms with Gasteiger partial charge in [0.15, 0.2) is 0 Å². The molecule has 0 saturated carbocycles. The van der Waals surface area contributed by atoms with Crippen molar-refractivity contribution in [3.63, 3.8) is 0 Å². The second-order valence-corrected chi connectivity index (χ2v) is 3.99. The van der Waals surface area contributed by atoms with Crippen molar-refractivity contribution in [2.45, 2.75) is 6.61 Å². The van der Waals surface area contributed by atoms with Gasteiger partial charge in [0.1, 0.15) is 5.84 Å². The molecule has 2 aromatic carbocycles. The predicted octanol–water partition coefficient (Wildman–Crippen LogP) is 2.56. The maximum absolute atomic E-state index is 9.32. The van der Waals surface area contributed by atoms with Gasteiger partial charge < -0.3 is 10.8 Å². The van der Waals surface area contributed by atoms with Crippen LogP contribution in [0.25, 0.3) is 10.8 Å². The molecule has 4 heteroatoms. The molecule has 17 heavy (non-hydrogen) atoms. The fraction of sp³-hybridized carbons (Fsp3) is 0.154. The predicted molar refractivity (Wildman–Crippen MR) is 71.9 cm³/mol. The van der Waals surface area contributed by atoms with Crippen molar-refractivity contribution < 1.29 is 5.11 Å². The second-order valence-electron chi connectivity index (χ2n) is 3.72. The first kappa shape index (κ1) is 11.9. The van der Waals surface area contributed by atoms with Crippen LogP contribution in [0.1, 0.15) is 5.56 Å². The molecule has 0 fully saturated rings. The minimum atomic E-state index is -0.0702. The molecule has 0 atom stereocenters. The third-order valence-corrected chi connectivity index (χ3v) is 2.79. The average molecular weight is 249 g/mol. The van der Waals surface area contributed by atoms with Gasteiger partial charge in [0.2, 0.25) is 0 Å². The van der Waals surface area contributed by atoms with E-state index in [1.54, 1.807) is 0 Å². The second kappa shape index (κ2) is 5.17. The number of aliphatic hydroxyl groups excluding tert-OH is 1. The molecule has 0 aliphatic carbocycles. The van der Waals surface area contributed by atoms with Gasteiger partial charge in [-0.05, 0) is 22.9 Å². The Morgan fingerprint density at radius 1 is 1.24 bits per heavy atom. The number of halogens is 1. The van der Waals surface area contributed by atoms with Gasteiger partial charge in [0.05, 0.1) is 18.2 Å². The van der Waals surface area contributed by atoms with E-state index in [2.05, 4.69) is 4.99 Å². The van der Waals surface area contributed by atoms with E-state index in [0.29, 0.717) is 11.5 Å². The van der Waals surface area contributed by atoms with E-state index < -0.39 is 0 Å². The van der Waals surface area contributed by atoms with E-state index in [9.17, 15) is 5.11 Å². The molecule has 88 valence electrons. The van der Waals surface area contributed by atoms with Gasteiger partial charge >= 0.3 is 0 Å². The molecule has 0 amide bonds. The van der Waals surface area contributed by atoms with Crippen LogP contribution >= 0.6 is 11.6 Å². The largest absolute Gasteiger partial charge is 0.392 e. The van der Waals surface area contributed by atoms with E-state index >= 15 is 0 Å². The number of nitrogens with zero attached hydrogens (tertiary/aromatic N) is 1. The van der Waals surface area contributed by atoms with Crippen LogP contribution in [0.3, 0.4) is 0 Å². The number of alkyl halides is 1. The van der Waals surface area contributed by atoms with Crippen LogP contribution in [0, 0.1) is 0 Å². The normalized spacial score (nSPS) is 12.0. The monoisotopic (exact) mass is 248 g/mol. The summed E-state index contributed by atoms with van der Waals surface area (Å²) in [6, 6.07) is 11.7. The van der Waals surface area contributed by atoms with E-state index in [4.69, 9.17) is 17.3 Å². The van der Waals surface area contributed by atoms with Gasteiger partial charge in [0.25, 0.3) is 0 Å². The number of aliphatic imine (C=N–C) groups is 1. The van der Waals surface area contributed by atoms with Gasteiger partial charge in [-0.3, -0.25) is 0 Å². The van der Waals surface area contributed by atoms with Crippen molar-refractivity contribution in [1.29, 1.82) is 0 Å².